The van der Waals surface area contributed by atoms with Crippen molar-refractivity contribution in [3.8, 4) is 11.5 Å². The third-order valence-electron chi connectivity index (χ3n) is 3.36. The number of fused-ring (bicyclic) bond motifs is 1. The van der Waals surface area contributed by atoms with E-state index in [0.717, 1.165) is 24.5 Å². The minimum Gasteiger partial charge on any atom is -0.454 e. The molecule has 4 heteroatoms. The molecule has 0 radical (unpaired) electrons. The first-order valence-corrected chi connectivity index (χ1v) is 5.88. The Morgan fingerprint density at radius 3 is 3.18 bits per heavy atom. The molecular weight excluding hydrogens is 218 g/mol. The lowest BCUT2D eigenvalue weighted by Crippen LogP contribution is -2.22. The Labute approximate surface area is 99.9 Å². The monoisotopic (exact) mass is 233 g/mol. The van der Waals surface area contributed by atoms with Crippen LogP contribution in [0.5, 0.6) is 11.5 Å². The molecule has 2 atom stereocenters. The summed E-state index contributed by atoms with van der Waals surface area (Å²) >= 11 is 0. The SMILES string of the molecule is CC(=O)NCC1CC1c1cccc2c1OCO2. The summed E-state index contributed by atoms with van der Waals surface area (Å²) in [5.74, 6) is 2.80. The number of amides is 1. The third-order valence-corrected chi connectivity index (χ3v) is 3.36. The number of benzene rings is 1. The maximum absolute atomic E-state index is 10.9. The average Bonchev–Trinajstić information content (AvgIpc) is 2.92. The first-order valence-electron chi connectivity index (χ1n) is 5.88. The van der Waals surface area contributed by atoms with Crippen LogP contribution in [-0.4, -0.2) is 19.2 Å². The first kappa shape index (κ1) is 10.4. The van der Waals surface area contributed by atoms with E-state index in [1.54, 1.807) is 6.92 Å². The van der Waals surface area contributed by atoms with Crippen molar-refractivity contribution in [2.24, 2.45) is 5.92 Å². The fraction of sp³-hybridized carbons (Fsp3) is 0.462. The minimum absolute atomic E-state index is 0.0357. The van der Waals surface area contributed by atoms with Gasteiger partial charge in [-0.1, -0.05) is 12.1 Å². The number of rotatable bonds is 3. The van der Waals surface area contributed by atoms with E-state index in [0.29, 0.717) is 18.6 Å². The lowest BCUT2D eigenvalue weighted by Gasteiger charge is -2.05. The van der Waals surface area contributed by atoms with Gasteiger partial charge in [0.25, 0.3) is 0 Å². The average molecular weight is 233 g/mol. The fourth-order valence-electron chi connectivity index (χ4n) is 2.37. The second kappa shape index (κ2) is 3.95. The van der Waals surface area contributed by atoms with E-state index in [9.17, 15) is 4.79 Å². The van der Waals surface area contributed by atoms with Crippen LogP contribution in [0.15, 0.2) is 18.2 Å². The Balaban J connectivity index is 1.71. The Kier molecular flexibility index (Phi) is 2.42. The number of nitrogens with one attached hydrogen (secondary N) is 1. The molecule has 1 aromatic rings. The van der Waals surface area contributed by atoms with E-state index < -0.39 is 0 Å². The minimum atomic E-state index is 0.0357. The largest absolute Gasteiger partial charge is 0.454 e. The fourth-order valence-corrected chi connectivity index (χ4v) is 2.37. The molecule has 1 aromatic carbocycles. The quantitative estimate of drug-likeness (QED) is 0.863. The van der Waals surface area contributed by atoms with Crippen molar-refractivity contribution in [1.29, 1.82) is 0 Å². The van der Waals surface area contributed by atoms with Crippen LogP contribution in [-0.2, 0) is 4.79 Å². The van der Waals surface area contributed by atoms with Gasteiger partial charge in [-0.2, -0.15) is 0 Å². The van der Waals surface area contributed by atoms with Gasteiger partial charge < -0.3 is 14.8 Å². The summed E-state index contributed by atoms with van der Waals surface area (Å²) in [6, 6.07) is 6.01. The summed E-state index contributed by atoms with van der Waals surface area (Å²) in [4.78, 5) is 10.9. The molecular formula is C13H15NO3. The molecule has 1 N–H and O–H groups in total. The maximum atomic E-state index is 10.9. The molecule has 1 aliphatic heterocycles. The summed E-state index contributed by atoms with van der Waals surface area (Å²) < 4.78 is 10.9. The van der Waals surface area contributed by atoms with E-state index in [1.165, 1.54) is 5.56 Å². The van der Waals surface area contributed by atoms with Crippen LogP contribution in [0.25, 0.3) is 0 Å². The zero-order valence-corrected chi connectivity index (χ0v) is 9.73. The van der Waals surface area contributed by atoms with Gasteiger partial charge in [0.1, 0.15) is 0 Å². The van der Waals surface area contributed by atoms with Gasteiger partial charge >= 0.3 is 0 Å². The molecule has 2 aliphatic rings. The predicted octanol–water partition coefficient (Wildman–Crippen LogP) is 1.65. The lowest BCUT2D eigenvalue weighted by molar-refractivity contribution is -0.119. The highest BCUT2D eigenvalue weighted by atomic mass is 16.7. The molecule has 1 heterocycles. The molecule has 2 unspecified atom stereocenters. The van der Waals surface area contributed by atoms with E-state index in [1.807, 2.05) is 12.1 Å². The van der Waals surface area contributed by atoms with E-state index in [4.69, 9.17) is 9.47 Å². The topological polar surface area (TPSA) is 47.6 Å². The predicted molar refractivity (Wildman–Crippen MR) is 62.1 cm³/mol. The molecule has 1 aliphatic carbocycles. The normalized spacial score (nSPS) is 24.5. The molecule has 90 valence electrons. The Hall–Kier alpha value is -1.71. The van der Waals surface area contributed by atoms with Crippen LogP contribution in [0.2, 0.25) is 0 Å². The Bertz CT molecular complexity index is 458. The van der Waals surface area contributed by atoms with E-state index in [2.05, 4.69) is 11.4 Å². The molecule has 0 bridgehead atoms. The van der Waals surface area contributed by atoms with Gasteiger partial charge in [0, 0.05) is 19.0 Å². The van der Waals surface area contributed by atoms with Crippen LogP contribution >= 0.6 is 0 Å². The second-order valence-electron chi connectivity index (χ2n) is 4.62. The first-order chi connectivity index (χ1) is 8.25. The molecule has 3 rings (SSSR count). The highest BCUT2D eigenvalue weighted by Gasteiger charge is 2.41. The smallest absolute Gasteiger partial charge is 0.231 e. The number of carbonyl (C=O) groups is 1. The highest BCUT2D eigenvalue weighted by Crippen LogP contribution is 2.52. The van der Waals surface area contributed by atoms with Crippen molar-refractivity contribution >= 4 is 5.91 Å². The van der Waals surface area contributed by atoms with E-state index in [-0.39, 0.29) is 5.91 Å². The summed E-state index contributed by atoms with van der Waals surface area (Å²) in [6.07, 6.45) is 1.11. The van der Waals surface area contributed by atoms with Gasteiger partial charge in [-0.05, 0) is 24.3 Å². The molecule has 1 saturated carbocycles. The van der Waals surface area contributed by atoms with Crippen LogP contribution in [0, 0.1) is 5.92 Å². The molecule has 0 spiro atoms. The van der Waals surface area contributed by atoms with Crippen molar-refractivity contribution in [2.45, 2.75) is 19.3 Å². The second-order valence-corrected chi connectivity index (χ2v) is 4.62. The van der Waals surface area contributed by atoms with Crippen LogP contribution in [0.4, 0.5) is 0 Å². The molecule has 4 nitrogen and oxygen atoms in total. The van der Waals surface area contributed by atoms with Gasteiger partial charge in [0.2, 0.25) is 12.7 Å². The lowest BCUT2D eigenvalue weighted by atomic mass is 10.1. The van der Waals surface area contributed by atoms with Crippen molar-refractivity contribution in [1.82, 2.24) is 5.32 Å². The number of ether oxygens (including phenoxy) is 2. The molecule has 17 heavy (non-hydrogen) atoms. The summed E-state index contributed by atoms with van der Waals surface area (Å²) in [5, 5.41) is 2.86. The van der Waals surface area contributed by atoms with Gasteiger partial charge in [-0.15, -0.1) is 0 Å². The molecule has 1 fully saturated rings. The van der Waals surface area contributed by atoms with Crippen LogP contribution in [0.1, 0.15) is 24.8 Å². The molecule has 0 aromatic heterocycles. The van der Waals surface area contributed by atoms with E-state index >= 15 is 0 Å². The van der Waals surface area contributed by atoms with Crippen molar-refractivity contribution in [2.75, 3.05) is 13.3 Å². The standard InChI is InChI=1S/C13H15NO3/c1-8(15)14-6-9-5-11(9)10-3-2-4-12-13(10)17-7-16-12/h2-4,9,11H,5-7H2,1H3,(H,14,15). The maximum Gasteiger partial charge on any atom is 0.231 e. The number of carbonyl (C=O) groups excluding carboxylic acids is 1. The van der Waals surface area contributed by atoms with Crippen LogP contribution < -0.4 is 14.8 Å². The number of hydrogen-bond donors (Lipinski definition) is 1. The summed E-state index contributed by atoms with van der Waals surface area (Å²) in [7, 11) is 0. The molecule has 0 saturated heterocycles. The van der Waals surface area contributed by atoms with Crippen molar-refractivity contribution < 1.29 is 14.3 Å². The van der Waals surface area contributed by atoms with Gasteiger partial charge in [0.15, 0.2) is 11.5 Å². The van der Waals surface area contributed by atoms with Gasteiger partial charge in [-0.25, -0.2) is 0 Å². The zero-order chi connectivity index (χ0) is 11.8. The molecule has 1 amide bonds. The highest BCUT2D eigenvalue weighted by molar-refractivity contribution is 5.72. The summed E-state index contributed by atoms with van der Waals surface area (Å²) in [6.45, 7) is 2.62. The third kappa shape index (κ3) is 1.95. The van der Waals surface area contributed by atoms with Gasteiger partial charge in [0.05, 0.1) is 0 Å². The van der Waals surface area contributed by atoms with Crippen molar-refractivity contribution in [3.63, 3.8) is 0 Å². The number of para-hydroxylation sites is 1. The zero-order valence-electron chi connectivity index (χ0n) is 9.73. The Morgan fingerprint density at radius 2 is 2.35 bits per heavy atom. The van der Waals surface area contributed by atoms with Crippen molar-refractivity contribution in [3.05, 3.63) is 23.8 Å². The Morgan fingerprint density at radius 1 is 1.47 bits per heavy atom. The number of hydrogen-bond acceptors (Lipinski definition) is 3. The van der Waals surface area contributed by atoms with Crippen LogP contribution in [0.3, 0.4) is 0 Å². The van der Waals surface area contributed by atoms with Gasteiger partial charge in [-0.3, -0.25) is 4.79 Å². The summed E-state index contributed by atoms with van der Waals surface area (Å²) in [5.41, 5.74) is 1.22.